The molecule has 0 bridgehead atoms. The van der Waals surface area contributed by atoms with E-state index in [-0.39, 0.29) is 18.0 Å². The van der Waals surface area contributed by atoms with Crippen LogP contribution in [0.3, 0.4) is 0 Å². The average molecular weight is 497 g/mol. The maximum atomic E-state index is 14.8. The molecule has 2 aromatic carbocycles. The summed E-state index contributed by atoms with van der Waals surface area (Å²) < 4.78 is 30.5. The summed E-state index contributed by atoms with van der Waals surface area (Å²) in [5.74, 6) is -3.25. The molecule has 8 nitrogen and oxygen atoms in total. The molecular weight excluding hydrogens is 467 g/mol. The van der Waals surface area contributed by atoms with Crippen molar-refractivity contribution in [2.24, 2.45) is 17.8 Å². The van der Waals surface area contributed by atoms with Crippen molar-refractivity contribution in [3.8, 4) is 5.75 Å². The predicted molar refractivity (Wildman–Crippen MR) is 133 cm³/mol. The quantitative estimate of drug-likeness (QED) is 0.372. The Morgan fingerprint density at radius 1 is 1.11 bits per heavy atom. The summed E-state index contributed by atoms with van der Waals surface area (Å²) >= 11 is 0. The number of amides is 2. The third kappa shape index (κ3) is 6.17. The van der Waals surface area contributed by atoms with Crippen LogP contribution in [-0.4, -0.2) is 38.6 Å². The number of carbonyl (C=O) groups is 3. The minimum atomic E-state index is -0.727. The van der Waals surface area contributed by atoms with Crippen LogP contribution in [0.5, 0.6) is 5.75 Å². The van der Waals surface area contributed by atoms with E-state index in [2.05, 4.69) is 11.9 Å². The molecule has 0 aliphatic heterocycles. The highest BCUT2D eigenvalue weighted by atomic mass is 19.1. The lowest BCUT2D eigenvalue weighted by atomic mass is 10.2. The number of benzene rings is 2. The lowest BCUT2D eigenvalue weighted by Gasteiger charge is -2.17. The van der Waals surface area contributed by atoms with E-state index in [1.54, 1.807) is 20.1 Å². The number of carbonyl (C=O) groups excluding carboxylic acids is 3. The molecule has 0 aromatic heterocycles. The first-order valence-electron chi connectivity index (χ1n) is 11.3. The van der Waals surface area contributed by atoms with E-state index >= 15 is 0 Å². The molecule has 1 aliphatic rings. The standard InChI is InChI=1S/C27H29FN2O6/c1-5-13-30(23(31)6-2)18-9-12-22(21(28)14-18)29-26(32)24-20(25(24)27(33)35-4)16-36-15-17-7-10-19(34-3)11-8-17/h5-14,20,24-25H,2,15-16H2,1,3-4H3,(H,29,32). The molecule has 3 unspecified atom stereocenters. The minimum Gasteiger partial charge on any atom is -0.497 e. The Hall–Kier alpha value is -3.98. The minimum absolute atomic E-state index is 0.0661. The van der Waals surface area contributed by atoms with Crippen LogP contribution in [-0.2, 0) is 30.5 Å². The van der Waals surface area contributed by atoms with Gasteiger partial charge in [-0.1, -0.05) is 24.8 Å². The Morgan fingerprint density at radius 3 is 2.42 bits per heavy atom. The van der Waals surface area contributed by atoms with E-state index in [9.17, 15) is 18.8 Å². The molecule has 0 saturated heterocycles. The molecule has 0 radical (unpaired) electrons. The van der Waals surface area contributed by atoms with Crippen LogP contribution in [0.2, 0.25) is 0 Å². The number of anilines is 2. The van der Waals surface area contributed by atoms with Crippen molar-refractivity contribution < 1.29 is 33.0 Å². The molecule has 190 valence electrons. The Bertz CT molecular complexity index is 1150. The lowest BCUT2D eigenvalue weighted by Crippen LogP contribution is -2.23. The number of nitrogens with one attached hydrogen (secondary N) is 1. The van der Waals surface area contributed by atoms with Gasteiger partial charge in [-0.15, -0.1) is 0 Å². The van der Waals surface area contributed by atoms with Gasteiger partial charge in [-0.25, -0.2) is 4.39 Å². The van der Waals surface area contributed by atoms with Crippen LogP contribution in [0, 0.1) is 23.6 Å². The van der Waals surface area contributed by atoms with Gasteiger partial charge in [0, 0.05) is 18.2 Å². The number of methoxy groups -OCH3 is 2. The monoisotopic (exact) mass is 496 g/mol. The van der Waals surface area contributed by atoms with E-state index in [4.69, 9.17) is 14.2 Å². The van der Waals surface area contributed by atoms with Gasteiger partial charge < -0.3 is 19.5 Å². The van der Waals surface area contributed by atoms with Crippen molar-refractivity contribution in [3.63, 3.8) is 0 Å². The zero-order chi connectivity index (χ0) is 26.2. The van der Waals surface area contributed by atoms with Crippen molar-refractivity contribution in [3.05, 3.63) is 78.8 Å². The number of esters is 1. The van der Waals surface area contributed by atoms with E-state index in [1.165, 1.54) is 30.3 Å². The number of hydrogen-bond donors (Lipinski definition) is 1. The van der Waals surface area contributed by atoms with Gasteiger partial charge in [-0.05, 0) is 42.8 Å². The second kappa shape index (κ2) is 12.1. The topological polar surface area (TPSA) is 94.2 Å². The summed E-state index contributed by atoms with van der Waals surface area (Å²) in [5, 5.41) is 2.54. The first kappa shape index (κ1) is 26.6. The number of ether oxygens (including phenoxy) is 3. The normalized spacial score (nSPS) is 18.4. The fourth-order valence-electron chi connectivity index (χ4n) is 3.94. The number of rotatable bonds is 11. The van der Waals surface area contributed by atoms with E-state index in [1.807, 2.05) is 24.3 Å². The summed E-state index contributed by atoms with van der Waals surface area (Å²) in [6.07, 6.45) is 4.23. The molecule has 0 spiro atoms. The van der Waals surface area contributed by atoms with Gasteiger partial charge >= 0.3 is 5.97 Å². The third-order valence-electron chi connectivity index (χ3n) is 5.88. The SMILES string of the molecule is C=CC(=O)N(C=CC)c1ccc(NC(=O)C2C(COCc3ccc(OC)cc3)C2C(=O)OC)c(F)c1. The summed E-state index contributed by atoms with van der Waals surface area (Å²) in [7, 11) is 2.84. The lowest BCUT2D eigenvalue weighted by molar-refractivity contribution is -0.143. The highest BCUT2D eigenvalue weighted by Gasteiger charge is 2.59. The van der Waals surface area contributed by atoms with Gasteiger partial charge in [0.1, 0.15) is 11.6 Å². The predicted octanol–water partition coefficient (Wildman–Crippen LogP) is 4.08. The molecule has 0 heterocycles. The fourth-order valence-corrected chi connectivity index (χ4v) is 3.94. The van der Waals surface area contributed by atoms with E-state index in [0.717, 1.165) is 23.5 Å². The Balaban J connectivity index is 1.65. The first-order valence-corrected chi connectivity index (χ1v) is 11.3. The van der Waals surface area contributed by atoms with Crippen molar-refractivity contribution in [1.29, 1.82) is 0 Å². The van der Waals surface area contributed by atoms with Crippen LogP contribution in [0.1, 0.15) is 12.5 Å². The maximum absolute atomic E-state index is 14.8. The van der Waals surface area contributed by atoms with Crippen molar-refractivity contribution >= 4 is 29.2 Å². The van der Waals surface area contributed by atoms with Crippen molar-refractivity contribution in [1.82, 2.24) is 0 Å². The summed E-state index contributed by atoms with van der Waals surface area (Å²) in [5.41, 5.74) is 1.12. The van der Waals surface area contributed by atoms with Gasteiger partial charge in [0.2, 0.25) is 5.91 Å². The number of allylic oxidation sites excluding steroid dienone is 1. The summed E-state index contributed by atoms with van der Waals surface area (Å²) in [6.45, 7) is 5.62. The third-order valence-corrected chi connectivity index (χ3v) is 5.88. The van der Waals surface area contributed by atoms with E-state index in [0.29, 0.717) is 6.61 Å². The molecule has 36 heavy (non-hydrogen) atoms. The fraction of sp³-hybridized carbons (Fsp3) is 0.296. The summed E-state index contributed by atoms with van der Waals surface area (Å²) in [4.78, 5) is 38.4. The molecule has 1 fully saturated rings. The van der Waals surface area contributed by atoms with Crippen molar-refractivity contribution in [2.75, 3.05) is 31.0 Å². The molecule has 1 aliphatic carbocycles. The van der Waals surface area contributed by atoms with Gasteiger partial charge in [-0.3, -0.25) is 19.3 Å². The maximum Gasteiger partial charge on any atom is 0.309 e. The molecule has 9 heteroatoms. The Morgan fingerprint density at radius 2 is 1.83 bits per heavy atom. The molecular formula is C27H29FN2O6. The van der Waals surface area contributed by atoms with Crippen LogP contribution in [0.4, 0.5) is 15.8 Å². The van der Waals surface area contributed by atoms with Crippen molar-refractivity contribution in [2.45, 2.75) is 13.5 Å². The van der Waals surface area contributed by atoms with Gasteiger partial charge in [0.05, 0.1) is 50.6 Å². The second-order valence-corrected chi connectivity index (χ2v) is 8.15. The number of hydrogen-bond acceptors (Lipinski definition) is 6. The smallest absolute Gasteiger partial charge is 0.309 e. The number of nitrogens with zero attached hydrogens (tertiary/aromatic N) is 1. The van der Waals surface area contributed by atoms with Crippen LogP contribution in [0.25, 0.3) is 0 Å². The van der Waals surface area contributed by atoms with Crippen LogP contribution < -0.4 is 15.0 Å². The largest absolute Gasteiger partial charge is 0.497 e. The zero-order valence-electron chi connectivity index (χ0n) is 20.4. The van der Waals surface area contributed by atoms with Crippen LogP contribution in [0.15, 0.2) is 67.4 Å². The van der Waals surface area contributed by atoms with Gasteiger partial charge in [-0.2, -0.15) is 0 Å². The van der Waals surface area contributed by atoms with E-state index < -0.39 is 41.4 Å². The molecule has 1 N–H and O–H groups in total. The second-order valence-electron chi connectivity index (χ2n) is 8.15. The molecule has 2 aromatic rings. The molecule has 3 rings (SSSR count). The van der Waals surface area contributed by atoms with Crippen LogP contribution >= 0.6 is 0 Å². The Labute approximate surface area is 209 Å². The zero-order valence-corrected chi connectivity index (χ0v) is 20.4. The number of halogens is 1. The Kier molecular flexibility index (Phi) is 8.97. The average Bonchev–Trinajstić information content (AvgIpc) is 3.62. The molecule has 1 saturated carbocycles. The highest BCUT2D eigenvalue weighted by Crippen LogP contribution is 2.48. The molecule has 2 amide bonds. The van der Waals surface area contributed by atoms with Gasteiger partial charge in [0.25, 0.3) is 5.91 Å². The highest BCUT2D eigenvalue weighted by molar-refractivity contribution is 6.03. The first-order chi connectivity index (χ1) is 17.3. The van der Waals surface area contributed by atoms with Gasteiger partial charge in [0.15, 0.2) is 0 Å². The summed E-state index contributed by atoms with van der Waals surface area (Å²) in [6, 6.07) is 11.3. The molecule has 3 atom stereocenters.